The lowest BCUT2D eigenvalue weighted by atomic mass is 10.2. The van der Waals surface area contributed by atoms with Crippen molar-refractivity contribution in [2.24, 2.45) is 0 Å². The van der Waals surface area contributed by atoms with Crippen LogP contribution in [-0.2, 0) is 4.79 Å². The summed E-state index contributed by atoms with van der Waals surface area (Å²) in [5.41, 5.74) is 3.24. The molecule has 2 amide bonds. The standard InChI is InChI=1S/C18H16N4O3/c1-11-4-3-5-16-20-13(9-22(11)16)18(24)19-12-6-7-15-14(8-12)21(2)17(23)10-25-15/h3-9H,10H2,1-2H3,(H,19,24). The van der Waals surface area contributed by atoms with Gasteiger partial charge in [-0.05, 0) is 37.3 Å². The number of rotatable bonds is 2. The van der Waals surface area contributed by atoms with Crippen LogP contribution >= 0.6 is 0 Å². The van der Waals surface area contributed by atoms with Crippen LogP contribution in [0.5, 0.6) is 5.75 Å². The molecule has 1 aromatic carbocycles. The maximum atomic E-state index is 12.5. The maximum Gasteiger partial charge on any atom is 0.275 e. The summed E-state index contributed by atoms with van der Waals surface area (Å²) in [6.07, 6.45) is 1.71. The van der Waals surface area contributed by atoms with Crippen molar-refractivity contribution >= 4 is 28.8 Å². The van der Waals surface area contributed by atoms with Crippen molar-refractivity contribution in [2.75, 3.05) is 23.9 Å². The number of nitrogens with zero attached hydrogens (tertiary/aromatic N) is 3. The Kier molecular flexibility index (Phi) is 3.42. The smallest absolute Gasteiger partial charge is 0.275 e. The fourth-order valence-electron chi connectivity index (χ4n) is 2.80. The van der Waals surface area contributed by atoms with Crippen molar-refractivity contribution in [3.05, 3.63) is 54.0 Å². The van der Waals surface area contributed by atoms with Gasteiger partial charge in [-0.3, -0.25) is 9.59 Å². The van der Waals surface area contributed by atoms with E-state index < -0.39 is 0 Å². The molecule has 0 fully saturated rings. The van der Waals surface area contributed by atoms with Crippen LogP contribution in [-0.4, -0.2) is 34.9 Å². The third-order valence-corrected chi connectivity index (χ3v) is 4.23. The van der Waals surface area contributed by atoms with Crippen molar-refractivity contribution in [3.63, 3.8) is 0 Å². The first kappa shape index (κ1) is 15.2. The van der Waals surface area contributed by atoms with E-state index in [0.717, 1.165) is 5.69 Å². The van der Waals surface area contributed by atoms with Gasteiger partial charge in [0.15, 0.2) is 6.61 Å². The van der Waals surface area contributed by atoms with E-state index in [1.165, 1.54) is 4.90 Å². The number of nitrogens with one attached hydrogen (secondary N) is 1. The number of fused-ring (bicyclic) bond motifs is 2. The summed E-state index contributed by atoms with van der Waals surface area (Å²) in [7, 11) is 1.68. The highest BCUT2D eigenvalue weighted by Gasteiger charge is 2.23. The van der Waals surface area contributed by atoms with Crippen LogP contribution in [0.4, 0.5) is 11.4 Å². The zero-order valence-electron chi connectivity index (χ0n) is 13.8. The summed E-state index contributed by atoms with van der Waals surface area (Å²) < 4.78 is 7.25. The van der Waals surface area contributed by atoms with Gasteiger partial charge in [-0.2, -0.15) is 0 Å². The van der Waals surface area contributed by atoms with Crippen molar-refractivity contribution < 1.29 is 14.3 Å². The number of carbonyl (C=O) groups excluding carboxylic acids is 2. The van der Waals surface area contributed by atoms with E-state index in [-0.39, 0.29) is 18.4 Å². The van der Waals surface area contributed by atoms with Crippen LogP contribution < -0.4 is 15.0 Å². The Balaban J connectivity index is 1.62. The predicted molar refractivity (Wildman–Crippen MR) is 93.2 cm³/mol. The normalized spacial score (nSPS) is 13.5. The van der Waals surface area contributed by atoms with Crippen LogP contribution in [0.2, 0.25) is 0 Å². The van der Waals surface area contributed by atoms with Gasteiger partial charge >= 0.3 is 0 Å². The molecule has 2 aromatic heterocycles. The summed E-state index contributed by atoms with van der Waals surface area (Å²) >= 11 is 0. The Labute approximate surface area is 143 Å². The molecule has 0 spiro atoms. The molecule has 126 valence electrons. The number of hydrogen-bond donors (Lipinski definition) is 1. The van der Waals surface area contributed by atoms with Gasteiger partial charge in [-0.1, -0.05) is 6.07 Å². The molecular formula is C18H16N4O3. The Morgan fingerprint density at radius 2 is 2.12 bits per heavy atom. The number of benzene rings is 1. The highest BCUT2D eigenvalue weighted by Crippen LogP contribution is 2.33. The second-order valence-electron chi connectivity index (χ2n) is 5.90. The summed E-state index contributed by atoms with van der Waals surface area (Å²) in [6.45, 7) is 1.97. The molecule has 0 bridgehead atoms. The molecule has 7 heteroatoms. The largest absolute Gasteiger partial charge is 0.482 e. The maximum absolute atomic E-state index is 12.5. The SMILES string of the molecule is Cc1cccc2nc(C(=O)Nc3ccc4c(c3)N(C)C(=O)CO4)cn12. The fraction of sp³-hybridized carbons (Fsp3) is 0.167. The van der Waals surface area contributed by atoms with Gasteiger partial charge < -0.3 is 19.4 Å². The minimum atomic E-state index is -0.311. The van der Waals surface area contributed by atoms with E-state index in [9.17, 15) is 9.59 Å². The first-order chi connectivity index (χ1) is 12.0. The molecule has 3 heterocycles. The number of pyridine rings is 1. The van der Waals surface area contributed by atoms with Gasteiger partial charge in [-0.25, -0.2) is 4.98 Å². The van der Waals surface area contributed by atoms with Crippen LogP contribution in [0.25, 0.3) is 5.65 Å². The number of hydrogen-bond acceptors (Lipinski definition) is 4. The number of ether oxygens (including phenoxy) is 1. The molecule has 0 saturated heterocycles. The zero-order chi connectivity index (χ0) is 17.6. The summed E-state index contributed by atoms with van der Waals surface area (Å²) in [5.74, 6) is 0.170. The van der Waals surface area contributed by atoms with Crippen LogP contribution in [0.15, 0.2) is 42.6 Å². The first-order valence-corrected chi connectivity index (χ1v) is 7.82. The minimum Gasteiger partial charge on any atom is -0.482 e. The monoisotopic (exact) mass is 336 g/mol. The molecule has 0 saturated carbocycles. The molecular weight excluding hydrogens is 320 g/mol. The molecule has 1 N–H and O–H groups in total. The third-order valence-electron chi connectivity index (χ3n) is 4.23. The average Bonchev–Trinajstić information content (AvgIpc) is 3.04. The summed E-state index contributed by atoms with van der Waals surface area (Å²) in [6, 6.07) is 10.9. The number of carbonyl (C=O) groups is 2. The van der Waals surface area contributed by atoms with Gasteiger partial charge in [0.25, 0.3) is 11.8 Å². The molecule has 1 aliphatic heterocycles. The third kappa shape index (κ3) is 2.59. The first-order valence-electron chi connectivity index (χ1n) is 7.82. The molecule has 25 heavy (non-hydrogen) atoms. The number of amides is 2. The van der Waals surface area contributed by atoms with Crippen LogP contribution in [0.1, 0.15) is 16.2 Å². The van der Waals surface area contributed by atoms with Crippen molar-refractivity contribution in [3.8, 4) is 5.75 Å². The van der Waals surface area contributed by atoms with E-state index >= 15 is 0 Å². The average molecular weight is 336 g/mol. The number of imidazole rings is 1. The van der Waals surface area contributed by atoms with E-state index in [4.69, 9.17) is 4.74 Å². The Bertz CT molecular complexity index is 1010. The van der Waals surface area contributed by atoms with Crippen LogP contribution in [0.3, 0.4) is 0 Å². The highest BCUT2D eigenvalue weighted by atomic mass is 16.5. The lowest BCUT2D eigenvalue weighted by Gasteiger charge is -2.26. The predicted octanol–water partition coefficient (Wildman–Crippen LogP) is 2.25. The van der Waals surface area contributed by atoms with Gasteiger partial charge in [0.2, 0.25) is 0 Å². The molecule has 0 unspecified atom stereocenters. The fourth-order valence-corrected chi connectivity index (χ4v) is 2.80. The molecule has 0 aliphatic carbocycles. The molecule has 0 radical (unpaired) electrons. The Morgan fingerprint density at radius 1 is 1.28 bits per heavy atom. The van der Waals surface area contributed by atoms with Crippen molar-refractivity contribution in [1.29, 1.82) is 0 Å². The minimum absolute atomic E-state index is 0.0236. The second kappa shape index (κ2) is 5.62. The molecule has 3 aromatic rings. The van der Waals surface area contributed by atoms with Gasteiger partial charge in [-0.15, -0.1) is 0 Å². The van der Waals surface area contributed by atoms with E-state index in [1.807, 2.05) is 29.5 Å². The highest BCUT2D eigenvalue weighted by molar-refractivity contribution is 6.04. The lowest BCUT2D eigenvalue weighted by molar-refractivity contribution is -0.120. The lowest BCUT2D eigenvalue weighted by Crippen LogP contribution is -2.35. The van der Waals surface area contributed by atoms with Crippen molar-refractivity contribution in [2.45, 2.75) is 6.92 Å². The topological polar surface area (TPSA) is 75.9 Å². The molecule has 0 atom stereocenters. The molecule has 4 rings (SSSR count). The number of aryl methyl sites for hydroxylation is 1. The Hall–Kier alpha value is -3.35. The molecule has 7 nitrogen and oxygen atoms in total. The number of anilines is 2. The second-order valence-corrected chi connectivity index (χ2v) is 5.90. The van der Waals surface area contributed by atoms with E-state index in [0.29, 0.717) is 28.5 Å². The number of aromatic nitrogens is 2. The van der Waals surface area contributed by atoms with Gasteiger partial charge in [0.05, 0.1) is 5.69 Å². The van der Waals surface area contributed by atoms with Gasteiger partial charge in [0.1, 0.15) is 17.1 Å². The zero-order valence-corrected chi connectivity index (χ0v) is 13.8. The van der Waals surface area contributed by atoms with Crippen LogP contribution in [0, 0.1) is 6.92 Å². The van der Waals surface area contributed by atoms with Crippen molar-refractivity contribution in [1.82, 2.24) is 9.38 Å². The van der Waals surface area contributed by atoms with E-state index in [2.05, 4.69) is 10.3 Å². The van der Waals surface area contributed by atoms with E-state index in [1.54, 1.807) is 31.4 Å². The van der Waals surface area contributed by atoms with Gasteiger partial charge in [0, 0.05) is 24.6 Å². The summed E-state index contributed by atoms with van der Waals surface area (Å²) in [5, 5.41) is 2.82. The quantitative estimate of drug-likeness (QED) is 0.779. The Morgan fingerprint density at radius 3 is 2.92 bits per heavy atom. The molecule has 1 aliphatic rings. The summed E-state index contributed by atoms with van der Waals surface area (Å²) in [4.78, 5) is 30.1. The number of likely N-dealkylation sites (N-methyl/N-ethyl adjacent to an activating group) is 1.